The zero-order valence-electron chi connectivity index (χ0n) is 12.5. The first-order valence-corrected chi connectivity index (χ1v) is 6.98. The van der Waals surface area contributed by atoms with E-state index in [1.165, 1.54) is 0 Å². The van der Waals surface area contributed by atoms with Crippen molar-refractivity contribution in [2.45, 2.75) is 19.9 Å². The van der Waals surface area contributed by atoms with Crippen molar-refractivity contribution in [2.75, 3.05) is 20.1 Å². The number of aliphatic carboxylic acids is 1. The van der Waals surface area contributed by atoms with E-state index in [-0.39, 0.29) is 5.91 Å². The fraction of sp³-hybridized carbons (Fsp3) is 0.375. The van der Waals surface area contributed by atoms with Gasteiger partial charge in [-0.2, -0.15) is 0 Å². The highest BCUT2D eigenvalue weighted by Gasteiger charge is 2.09. The monoisotopic (exact) mass is 290 g/mol. The molecule has 2 N–H and O–H groups in total. The van der Waals surface area contributed by atoms with Crippen LogP contribution in [0.5, 0.6) is 0 Å². The zero-order valence-corrected chi connectivity index (χ0v) is 12.5. The first-order valence-electron chi connectivity index (χ1n) is 6.98. The fourth-order valence-corrected chi connectivity index (χ4v) is 1.97. The Hall–Kier alpha value is -2.14. The Kier molecular flexibility index (Phi) is 7.18. The number of carboxylic acids is 1. The van der Waals surface area contributed by atoms with Gasteiger partial charge in [-0.15, -0.1) is 0 Å². The molecule has 0 aliphatic carbocycles. The summed E-state index contributed by atoms with van der Waals surface area (Å²) in [5, 5.41) is 11.2. The van der Waals surface area contributed by atoms with E-state index in [1.807, 2.05) is 24.3 Å². The minimum atomic E-state index is -0.959. The number of carboxylic acid groups (broad SMARTS) is 1. The van der Waals surface area contributed by atoms with Crippen LogP contribution in [0.4, 0.5) is 0 Å². The molecule has 5 heteroatoms. The molecule has 0 radical (unpaired) electrons. The van der Waals surface area contributed by atoms with Gasteiger partial charge in [-0.25, -0.2) is 4.79 Å². The van der Waals surface area contributed by atoms with Gasteiger partial charge in [0.1, 0.15) is 0 Å². The van der Waals surface area contributed by atoms with E-state index in [0.717, 1.165) is 30.2 Å². The summed E-state index contributed by atoms with van der Waals surface area (Å²) in [5.74, 6) is -0.955. The summed E-state index contributed by atoms with van der Waals surface area (Å²) in [6.07, 6.45) is 3.65. The number of amides is 1. The Morgan fingerprint density at radius 3 is 2.48 bits per heavy atom. The maximum atomic E-state index is 11.5. The quantitative estimate of drug-likeness (QED) is 0.716. The third-order valence-electron chi connectivity index (χ3n) is 2.99. The van der Waals surface area contributed by atoms with Gasteiger partial charge in [0.15, 0.2) is 0 Å². The standard InChI is InChI=1S/C16H22N2O3/c1-3-10-18(12-15(19)17-2)11-14-6-4-13(5-7-14)8-9-16(20)21/h4-9H,3,10-12H2,1-2H3,(H,17,19)(H,20,21). The van der Waals surface area contributed by atoms with E-state index >= 15 is 0 Å². The Balaban J connectivity index is 2.66. The summed E-state index contributed by atoms with van der Waals surface area (Å²) in [7, 11) is 1.63. The predicted octanol–water partition coefficient (Wildman–Crippen LogP) is 1.74. The summed E-state index contributed by atoms with van der Waals surface area (Å²) < 4.78 is 0. The van der Waals surface area contributed by atoms with E-state index in [1.54, 1.807) is 13.1 Å². The van der Waals surface area contributed by atoms with Crippen LogP contribution in [0.2, 0.25) is 0 Å². The first kappa shape index (κ1) is 16.9. The number of carbonyl (C=O) groups excluding carboxylic acids is 1. The van der Waals surface area contributed by atoms with Crippen LogP contribution in [0, 0.1) is 0 Å². The van der Waals surface area contributed by atoms with Crippen LogP contribution in [-0.4, -0.2) is 42.0 Å². The number of hydrogen-bond acceptors (Lipinski definition) is 3. The fourth-order valence-electron chi connectivity index (χ4n) is 1.97. The van der Waals surface area contributed by atoms with E-state index in [4.69, 9.17) is 5.11 Å². The average molecular weight is 290 g/mol. The lowest BCUT2D eigenvalue weighted by Crippen LogP contribution is -2.35. The molecule has 0 spiro atoms. The van der Waals surface area contributed by atoms with Gasteiger partial charge in [-0.1, -0.05) is 31.2 Å². The SMILES string of the molecule is CCCN(CC(=O)NC)Cc1ccc(C=CC(=O)O)cc1. The molecule has 0 aromatic heterocycles. The molecule has 0 saturated heterocycles. The van der Waals surface area contributed by atoms with E-state index in [2.05, 4.69) is 17.1 Å². The lowest BCUT2D eigenvalue weighted by Gasteiger charge is -2.20. The van der Waals surface area contributed by atoms with E-state index in [0.29, 0.717) is 13.1 Å². The molecule has 1 aromatic carbocycles. The molecular formula is C16H22N2O3. The predicted molar refractivity (Wildman–Crippen MR) is 82.7 cm³/mol. The van der Waals surface area contributed by atoms with Gasteiger partial charge in [0.25, 0.3) is 0 Å². The Morgan fingerprint density at radius 1 is 1.29 bits per heavy atom. The van der Waals surface area contributed by atoms with Gasteiger partial charge in [0, 0.05) is 19.7 Å². The van der Waals surface area contributed by atoms with Crippen molar-refractivity contribution in [3.05, 3.63) is 41.5 Å². The van der Waals surface area contributed by atoms with Crippen molar-refractivity contribution in [1.82, 2.24) is 10.2 Å². The molecule has 21 heavy (non-hydrogen) atoms. The average Bonchev–Trinajstić information content (AvgIpc) is 2.46. The van der Waals surface area contributed by atoms with Gasteiger partial charge >= 0.3 is 5.97 Å². The second kappa shape index (κ2) is 8.92. The molecule has 1 rings (SSSR count). The van der Waals surface area contributed by atoms with E-state index < -0.39 is 5.97 Å². The van der Waals surface area contributed by atoms with Crippen LogP contribution in [-0.2, 0) is 16.1 Å². The first-order chi connectivity index (χ1) is 10.0. The number of likely N-dealkylation sites (N-methyl/N-ethyl adjacent to an activating group) is 1. The van der Waals surface area contributed by atoms with Gasteiger partial charge in [-0.05, 0) is 30.2 Å². The van der Waals surface area contributed by atoms with Crippen molar-refractivity contribution in [3.63, 3.8) is 0 Å². The third-order valence-corrected chi connectivity index (χ3v) is 2.99. The van der Waals surface area contributed by atoms with Crippen LogP contribution in [0.15, 0.2) is 30.3 Å². The number of carbonyl (C=O) groups is 2. The molecule has 5 nitrogen and oxygen atoms in total. The van der Waals surface area contributed by atoms with Crippen LogP contribution in [0.25, 0.3) is 6.08 Å². The van der Waals surface area contributed by atoms with Gasteiger partial charge < -0.3 is 10.4 Å². The molecule has 0 fully saturated rings. The number of benzene rings is 1. The molecule has 1 amide bonds. The summed E-state index contributed by atoms with van der Waals surface area (Å²) in [6, 6.07) is 7.65. The molecule has 0 atom stereocenters. The highest BCUT2D eigenvalue weighted by molar-refractivity contribution is 5.85. The number of hydrogen-bond donors (Lipinski definition) is 2. The van der Waals surface area contributed by atoms with Crippen molar-refractivity contribution < 1.29 is 14.7 Å². The van der Waals surface area contributed by atoms with Crippen molar-refractivity contribution in [2.24, 2.45) is 0 Å². The lowest BCUT2D eigenvalue weighted by molar-refractivity contribution is -0.131. The largest absolute Gasteiger partial charge is 0.478 e. The summed E-state index contributed by atoms with van der Waals surface area (Å²) in [6.45, 7) is 4.01. The maximum Gasteiger partial charge on any atom is 0.328 e. The van der Waals surface area contributed by atoms with Gasteiger partial charge in [-0.3, -0.25) is 9.69 Å². The highest BCUT2D eigenvalue weighted by atomic mass is 16.4. The van der Waals surface area contributed by atoms with Crippen LogP contribution in [0.3, 0.4) is 0 Å². The molecule has 0 bridgehead atoms. The maximum absolute atomic E-state index is 11.5. The summed E-state index contributed by atoms with van der Waals surface area (Å²) in [4.78, 5) is 24.0. The van der Waals surface area contributed by atoms with Crippen molar-refractivity contribution in [3.8, 4) is 0 Å². The Labute approximate surface area is 125 Å². The topological polar surface area (TPSA) is 69.6 Å². The second-order valence-corrected chi connectivity index (χ2v) is 4.80. The zero-order chi connectivity index (χ0) is 15.7. The molecule has 0 aliphatic heterocycles. The highest BCUT2D eigenvalue weighted by Crippen LogP contribution is 2.09. The molecule has 114 valence electrons. The molecule has 0 unspecified atom stereocenters. The van der Waals surface area contributed by atoms with Crippen molar-refractivity contribution >= 4 is 18.0 Å². The number of nitrogens with one attached hydrogen (secondary N) is 1. The van der Waals surface area contributed by atoms with E-state index in [9.17, 15) is 9.59 Å². The summed E-state index contributed by atoms with van der Waals surface area (Å²) >= 11 is 0. The van der Waals surface area contributed by atoms with Crippen molar-refractivity contribution in [1.29, 1.82) is 0 Å². The molecule has 0 aliphatic rings. The van der Waals surface area contributed by atoms with Crippen LogP contribution in [0.1, 0.15) is 24.5 Å². The smallest absolute Gasteiger partial charge is 0.328 e. The molecular weight excluding hydrogens is 268 g/mol. The Bertz CT molecular complexity index is 495. The molecule has 0 saturated carbocycles. The summed E-state index contributed by atoms with van der Waals surface area (Å²) in [5.41, 5.74) is 1.94. The third kappa shape index (κ3) is 6.72. The molecule has 0 heterocycles. The minimum absolute atomic E-state index is 0.00413. The van der Waals surface area contributed by atoms with Gasteiger partial charge in [0.05, 0.1) is 6.54 Å². The number of nitrogens with zero attached hydrogens (tertiary/aromatic N) is 1. The van der Waals surface area contributed by atoms with Crippen LogP contribution < -0.4 is 5.32 Å². The Morgan fingerprint density at radius 2 is 1.95 bits per heavy atom. The van der Waals surface area contributed by atoms with Gasteiger partial charge in [0.2, 0.25) is 5.91 Å². The second-order valence-electron chi connectivity index (χ2n) is 4.80. The van der Waals surface area contributed by atoms with Crippen LogP contribution >= 0.6 is 0 Å². The normalized spacial score (nSPS) is 11.0. The lowest BCUT2D eigenvalue weighted by atomic mass is 10.1. The minimum Gasteiger partial charge on any atom is -0.478 e. The molecule has 1 aromatic rings. The number of rotatable bonds is 8.